The van der Waals surface area contributed by atoms with Crippen molar-refractivity contribution in [3.63, 3.8) is 0 Å². The van der Waals surface area contributed by atoms with Crippen molar-refractivity contribution in [3.05, 3.63) is 0 Å². The van der Waals surface area contributed by atoms with Crippen LogP contribution in [-0.2, 0) is 9.53 Å². The molecule has 1 N–H and O–H groups in total. The molecule has 100 valence electrons. The van der Waals surface area contributed by atoms with Gasteiger partial charge in [0.1, 0.15) is 0 Å². The number of unbranched alkanes of at least 4 members (excludes halogenated alkanes) is 1. The van der Waals surface area contributed by atoms with Crippen molar-refractivity contribution in [1.29, 1.82) is 0 Å². The predicted octanol–water partition coefficient (Wildman–Crippen LogP) is 1.40. The van der Waals surface area contributed by atoms with Gasteiger partial charge in [-0.25, -0.2) is 0 Å². The van der Waals surface area contributed by atoms with E-state index in [0.717, 1.165) is 32.5 Å². The Morgan fingerprint density at radius 2 is 2.29 bits per heavy atom. The number of nitrogens with one attached hydrogen (secondary N) is 1. The van der Waals surface area contributed by atoms with E-state index in [9.17, 15) is 4.79 Å². The minimum atomic E-state index is 0.142. The average Bonchev–Trinajstić information content (AvgIpc) is 2.84. The molecule has 17 heavy (non-hydrogen) atoms. The molecular weight excluding hydrogens is 216 g/mol. The van der Waals surface area contributed by atoms with E-state index in [0.29, 0.717) is 13.0 Å². The summed E-state index contributed by atoms with van der Waals surface area (Å²) >= 11 is 0. The molecule has 0 aromatic rings. The number of hydrogen-bond acceptors (Lipinski definition) is 3. The molecule has 0 spiro atoms. The molecule has 1 heterocycles. The van der Waals surface area contributed by atoms with Crippen molar-refractivity contribution in [2.75, 3.05) is 33.3 Å². The maximum Gasteiger partial charge on any atom is 0.221 e. The first-order valence-electron chi connectivity index (χ1n) is 6.79. The Balaban J connectivity index is 2.00. The van der Waals surface area contributed by atoms with Gasteiger partial charge < -0.3 is 15.0 Å². The molecule has 1 aliphatic heterocycles. The van der Waals surface area contributed by atoms with Crippen LogP contribution in [0.1, 0.15) is 39.0 Å². The van der Waals surface area contributed by atoms with E-state index in [1.54, 1.807) is 0 Å². The fourth-order valence-corrected chi connectivity index (χ4v) is 1.95. The summed E-state index contributed by atoms with van der Waals surface area (Å²) in [6.45, 7) is 5.63. The first kappa shape index (κ1) is 14.5. The maximum absolute atomic E-state index is 11.6. The third-order valence-corrected chi connectivity index (χ3v) is 3.16. The monoisotopic (exact) mass is 242 g/mol. The zero-order valence-corrected chi connectivity index (χ0v) is 11.2. The third kappa shape index (κ3) is 6.64. The van der Waals surface area contributed by atoms with Crippen LogP contribution >= 0.6 is 0 Å². The molecule has 0 bridgehead atoms. The van der Waals surface area contributed by atoms with E-state index in [1.165, 1.54) is 12.8 Å². The Morgan fingerprint density at radius 1 is 1.47 bits per heavy atom. The molecule has 1 saturated heterocycles. The first-order chi connectivity index (χ1) is 8.22. The molecule has 4 nitrogen and oxygen atoms in total. The Bertz CT molecular complexity index is 215. The number of ether oxygens (including phenoxy) is 1. The number of carbonyl (C=O) groups excluding carboxylic acids is 1. The van der Waals surface area contributed by atoms with Crippen molar-refractivity contribution in [3.8, 4) is 0 Å². The predicted molar refractivity (Wildman–Crippen MR) is 69.0 cm³/mol. The van der Waals surface area contributed by atoms with Crippen LogP contribution in [0.3, 0.4) is 0 Å². The van der Waals surface area contributed by atoms with E-state index >= 15 is 0 Å². The van der Waals surface area contributed by atoms with Crippen LogP contribution in [-0.4, -0.2) is 50.2 Å². The summed E-state index contributed by atoms with van der Waals surface area (Å²) < 4.78 is 5.46. The fraction of sp³-hybridized carbons (Fsp3) is 0.923. The number of nitrogens with zero attached hydrogens (tertiary/aromatic N) is 1. The van der Waals surface area contributed by atoms with Crippen LogP contribution in [0.25, 0.3) is 0 Å². The number of amides is 1. The van der Waals surface area contributed by atoms with Gasteiger partial charge in [-0.2, -0.15) is 0 Å². The largest absolute Gasteiger partial charge is 0.376 e. The molecule has 0 saturated carbocycles. The molecule has 4 heteroatoms. The highest BCUT2D eigenvalue weighted by molar-refractivity contribution is 5.76. The summed E-state index contributed by atoms with van der Waals surface area (Å²) in [7, 11) is 2.07. The van der Waals surface area contributed by atoms with Crippen LogP contribution in [0.4, 0.5) is 0 Å². The van der Waals surface area contributed by atoms with E-state index in [1.807, 2.05) is 0 Å². The van der Waals surface area contributed by atoms with Crippen LogP contribution in [0, 0.1) is 0 Å². The molecular formula is C13H26N2O2. The van der Waals surface area contributed by atoms with Gasteiger partial charge in [0.2, 0.25) is 5.91 Å². The van der Waals surface area contributed by atoms with Crippen molar-refractivity contribution in [2.45, 2.75) is 45.1 Å². The zero-order valence-electron chi connectivity index (χ0n) is 11.2. The van der Waals surface area contributed by atoms with Gasteiger partial charge in [0.25, 0.3) is 0 Å². The Morgan fingerprint density at radius 3 is 2.94 bits per heavy atom. The molecule has 0 aliphatic carbocycles. The maximum atomic E-state index is 11.6. The summed E-state index contributed by atoms with van der Waals surface area (Å²) in [5.41, 5.74) is 0. The first-order valence-corrected chi connectivity index (χ1v) is 6.79. The lowest BCUT2D eigenvalue weighted by atomic mass is 10.2. The van der Waals surface area contributed by atoms with Gasteiger partial charge in [0, 0.05) is 26.1 Å². The summed E-state index contributed by atoms with van der Waals surface area (Å²) in [4.78, 5) is 13.8. The van der Waals surface area contributed by atoms with E-state index in [2.05, 4.69) is 24.2 Å². The SMILES string of the molecule is CCCCN(C)CCC(=O)NCC1CCCO1. The van der Waals surface area contributed by atoms with Gasteiger partial charge >= 0.3 is 0 Å². The van der Waals surface area contributed by atoms with Gasteiger partial charge in [-0.05, 0) is 32.9 Å². The fourth-order valence-electron chi connectivity index (χ4n) is 1.95. The van der Waals surface area contributed by atoms with Gasteiger partial charge in [-0.1, -0.05) is 13.3 Å². The second kappa shape index (κ2) is 8.48. The van der Waals surface area contributed by atoms with Crippen LogP contribution < -0.4 is 5.32 Å². The van der Waals surface area contributed by atoms with Gasteiger partial charge in [0.15, 0.2) is 0 Å². The van der Waals surface area contributed by atoms with Crippen molar-refractivity contribution in [2.24, 2.45) is 0 Å². The number of hydrogen-bond donors (Lipinski definition) is 1. The minimum absolute atomic E-state index is 0.142. The molecule has 1 aliphatic rings. The molecule has 1 fully saturated rings. The van der Waals surface area contributed by atoms with E-state index in [4.69, 9.17) is 4.74 Å². The van der Waals surface area contributed by atoms with Crippen LogP contribution in [0.2, 0.25) is 0 Å². The molecule has 1 amide bonds. The molecule has 0 radical (unpaired) electrons. The summed E-state index contributed by atoms with van der Waals surface area (Å²) in [5, 5.41) is 2.95. The van der Waals surface area contributed by atoms with Crippen molar-refractivity contribution < 1.29 is 9.53 Å². The lowest BCUT2D eigenvalue weighted by molar-refractivity contribution is -0.121. The highest BCUT2D eigenvalue weighted by Gasteiger charge is 2.15. The van der Waals surface area contributed by atoms with Crippen molar-refractivity contribution >= 4 is 5.91 Å². The van der Waals surface area contributed by atoms with Gasteiger partial charge in [0.05, 0.1) is 6.10 Å². The van der Waals surface area contributed by atoms with E-state index in [-0.39, 0.29) is 12.0 Å². The van der Waals surface area contributed by atoms with Crippen molar-refractivity contribution in [1.82, 2.24) is 10.2 Å². The zero-order chi connectivity index (χ0) is 12.5. The second-order valence-electron chi connectivity index (χ2n) is 4.85. The van der Waals surface area contributed by atoms with Gasteiger partial charge in [-0.15, -0.1) is 0 Å². The molecule has 1 rings (SSSR count). The second-order valence-corrected chi connectivity index (χ2v) is 4.85. The highest BCUT2D eigenvalue weighted by Crippen LogP contribution is 2.10. The summed E-state index contributed by atoms with van der Waals surface area (Å²) in [5.74, 6) is 0.142. The standard InChI is InChI=1S/C13H26N2O2/c1-3-4-8-15(2)9-7-13(16)14-11-12-6-5-10-17-12/h12H,3-11H2,1-2H3,(H,14,16). The quantitative estimate of drug-likeness (QED) is 0.699. The smallest absolute Gasteiger partial charge is 0.221 e. The van der Waals surface area contributed by atoms with Crippen LogP contribution in [0.5, 0.6) is 0 Å². The summed E-state index contributed by atoms with van der Waals surface area (Å²) in [6, 6.07) is 0. The van der Waals surface area contributed by atoms with Gasteiger partial charge in [-0.3, -0.25) is 4.79 Å². The molecule has 1 unspecified atom stereocenters. The normalized spacial score (nSPS) is 19.8. The molecule has 0 aromatic carbocycles. The number of carbonyl (C=O) groups is 1. The molecule has 1 atom stereocenters. The van der Waals surface area contributed by atoms with Crippen LogP contribution in [0.15, 0.2) is 0 Å². The Labute approximate surface area is 105 Å². The highest BCUT2D eigenvalue weighted by atomic mass is 16.5. The van der Waals surface area contributed by atoms with E-state index < -0.39 is 0 Å². The topological polar surface area (TPSA) is 41.6 Å². The lowest BCUT2D eigenvalue weighted by Gasteiger charge is -2.16. The minimum Gasteiger partial charge on any atom is -0.376 e. The third-order valence-electron chi connectivity index (χ3n) is 3.16. The Kier molecular flexibility index (Phi) is 7.21. The lowest BCUT2D eigenvalue weighted by Crippen LogP contribution is -2.34. The average molecular weight is 242 g/mol. The number of rotatable bonds is 8. The summed E-state index contributed by atoms with van der Waals surface area (Å²) in [6.07, 6.45) is 5.45. The molecule has 0 aromatic heterocycles. The Hall–Kier alpha value is -0.610.